The number of thioether (sulfide) groups is 1. The van der Waals surface area contributed by atoms with Crippen molar-refractivity contribution in [1.82, 2.24) is 10.1 Å². The number of hydrogen-bond acceptors (Lipinski definition) is 5. The first-order valence-corrected chi connectivity index (χ1v) is 9.36. The van der Waals surface area contributed by atoms with Gasteiger partial charge in [-0.1, -0.05) is 11.2 Å². The number of carboxylic acids is 1. The monoisotopic (exact) mass is 398 g/mol. The third-order valence-corrected chi connectivity index (χ3v) is 4.90. The van der Waals surface area contributed by atoms with Crippen LogP contribution in [0.5, 0.6) is 0 Å². The fourth-order valence-corrected chi connectivity index (χ4v) is 3.50. The summed E-state index contributed by atoms with van der Waals surface area (Å²) in [7, 11) is 0. The molecular weight excluding hydrogens is 378 g/mol. The third kappa shape index (κ3) is 6.06. The molecule has 1 amide bonds. The molecule has 2 rings (SSSR count). The average molecular weight is 398 g/mol. The Morgan fingerprint density at radius 3 is 2.59 bits per heavy atom. The highest BCUT2D eigenvalue weighted by atomic mass is 32.2. The van der Waals surface area contributed by atoms with Crippen LogP contribution in [0.3, 0.4) is 0 Å². The maximum absolute atomic E-state index is 13.4. The number of aliphatic carboxylic acids is 1. The number of hydrogen-bond donors (Lipinski definition) is 1. The van der Waals surface area contributed by atoms with Gasteiger partial charge < -0.3 is 14.5 Å². The fraction of sp³-hybridized carbons (Fsp3) is 0.389. The minimum absolute atomic E-state index is 0.00912. The van der Waals surface area contributed by atoms with E-state index in [0.717, 1.165) is 23.4 Å². The van der Waals surface area contributed by atoms with E-state index in [-0.39, 0.29) is 31.2 Å². The predicted molar refractivity (Wildman–Crippen MR) is 96.2 cm³/mol. The van der Waals surface area contributed by atoms with Gasteiger partial charge in [-0.25, -0.2) is 8.78 Å². The molecule has 0 radical (unpaired) electrons. The number of nitrogens with zero attached hydrogens (tertiary/aromatic N) is 2. The summed E-state index contributed by atoms with van der Waals surface area (Å²) in [6.45, 7) is 3.60. The van der Waals surface area contributed by atoms with Crippen LogP contribution in [0.2, 0.25) is 0 Å². The summed E-state index contributed by atoms with van der Waals surface area (Å²) >= 11 is 1.35. The molecule has 6 nitrogen and oxygen atoms in total. The van der Waals surface area contributed by atoms with E-state index in [2.05, 4.69) is 5.16 Å². The average Bonchev–Trinajstić information content (AvgIpc) is 2.93. The van der Waals surface area contributed by atoms with Crippen LogP contribution in [-0.2, 0) is 21.9 Å². The molecule has 0 aliphatic carbocycles. The lowest BCUT2D eigenvalue weighted by Gasteiger charge is -2.22. The molecule has 1 aromatic heterocycles. The Balaban J connectivity index is 1.99. The van der Waals surface area contributed by atoms with E-state index in [9.17, 15) is 18.4 Å². The van der Waals surface area contributed by atoms with Crippen molar-refractivity contribution < 1.29 is 28.0 Å². The van der Waals surface area contributed by atoms with Gasteiger partial charge >= 0.3 is 5.97 Å². The van der Waals surface area contributed by atoms with E-state index in [1.807, 2.05) is 6.92 Å². The number of rotatable bonds is 9. The Kier molecular flexibility index (Phi) is 7.35. The second kappa shape index (κ2) is 9.50. The van der Waals surface area contributed by atoms with Crippen molar-refractivity contribution in [2.75, 3.05) is 12.3 Å². The Morgan fingerprint density at radius 2 is 2.00 bits per heavy atom. The number of halogens is 2. The molecule has 0 fully saturated rings. The lowest BCUT2D eigenvalue weighted by Crippen LogP contribution is -2.34. The van der Waals surface area contributed by atoms with Crippen LogP contribution in [0.4, 0.5) is 8.78 Å². The summed E-state index contributed by atoms with van der Waals surface area (Å²) in [5, 5.41) is 12.7. The molecule has 0 aliphatic rings. The number of amides is 1. The molecule has 1 heterocycles. The molecule has 0 saturated heterocycles. The first-order chi connectivity index (χ1) is 12.8. The highest BCUT2D eigenvalue weighted by Gasteiger charge is 2.17. The Labute approximate surface area is 159 Å². The lowest BCUT2D eigenvalue weighted by molar-refractivity contribution is -0.138. The van der Waals surface area contributed by atoms with Crippen LogP contribution >= 0.6 is 11.8 Å². The highest BCUT2D eigenvalue weighted by Crippen LogP contribution is 2.20. The van der Waals surface area contributed by atoms with Gasteiger partial charge in [-0.3, -0.25) is 9.59 Å². The summed E-state index contributed by atoms with van der Waals surface area (Å²) in [6.07, 6.45) is -0.232. The maximum atomic E-state index is 13.4. The number of aryl methyl sites for hydroxylation is 2. The van der Waals surface area contributed by atoms with Gasteiger partial charge in [0, 0.05) is 24.4 Å². The molecule has 1 N–H and O–H groups in total. The van der Waals surface area contributed by atoms with Crippen LogP contribution in [0.15, 0.2) is 22.7 Å². The molecule has 0 spiro atoms. The molecule has 2 aromatic rings. The zero-order valence-corrected chi connectivity index (χ0v) is 15.8. The maximum Gasteiger partial charge on any atom is 0.305 e. The zero-order chi connectivity index (χ0) is 20.0. The lowest BCUT2D eigenvalue weighted by atomic mass is 10.2. The fourth-order valence-electron chi connectivity index (χ4n) is 2.42. The van der Waals surface area contributed by atoms with Crippen molar-refractivity contribution in [2.24, 2.45) is 0 Å². The second-order valence-electron chi connectivity index (χ2n) is 6.00. The Bertz CT molecular complexity index is 806. The number of carbonyl (C=O) groups excluding carboxylic acids is 1. The number of carbonyl (C=O) groups is 2. The normalized spacial score (nSPS) is 10.8. The van der Waals surface area contributed by atoms with Gasteiger partial charge in [0.25, 0.3) is 0 Å². The molecule has 0 atom stereocenters. The smallest absolute Gasteiger partial charge is 0.305 e. The predicted octanol–water partition coefficient (Wildman–Crippen LogP) is 3.31. The SMILES string of the molecule is Cc1noc(C)c1CSCC(=O)N(CCC(=O)O)Cc1ccc(F)c(F)c1. The third-order valence-electron chi connectivity index (χ3n) is 3.96. The van der Waals surface area contributed by atoms with Crippen molar-refractivity contribution >= 4 is 23.6 Å². The molecular formula is C18H20F2N2O4S. The van der Waals surface area contributed by atoms with E-state index in [1.54, 1.807) is 6.92 Å². The molecule has 0 bridgehead atoms. The van der Waals surface area contributed by atoms with Crippen LogP contribution in [-0.4, -0.2) is 39.3 Å². The quantitative estimate of drug-likeness (QED) is 0.698. The van der Waals surface area contributed by atoms with E-state index in [1.165, 1.54) is 22.7 Å². The summed E-state index contributed by atoms with van der Waals surface area (Å²) in [4.78, 5) is 24.7. The van der Waals surface area contributed by atoms with E-state index < -0.39 is 17.6 Å². The Morgan fingerprint density at radius 1 is 1.26 bits per heavy atom. The minimum Gasteiger partial charge on any atom is -0.481 e. The molecule has 9 heteroatoms. The van der Waals surface area contributed by atoms with Crippen LogP contribution in [0.25, 0.3) is 0 Å². The molecule has 1 aromatic carbocycles. The van der Waals surface area contributed by atoms with Crippen LogP contribution in [0, 0.1) is 25.5 Å². The summed E-state index contributed by atoms with van der Waals surface area (Å²) in [5.74, 6) is -1.96. The molecule has 0 aliphatic heterocycles. The topological polar surface area (TPSA) is 83.6 Å². The van der Waals surface area contributed by atoms with Gasteiger partial charge in [-0.2, -0.15) is 0 Å². The van der Waals surface area contributed by atoms with Gasteiger partial charge in [-0.05, 0) is 31.5 Å². The van der Waals surface area contributed by atoms with Crippen molar-refractivity contribution in [3.63, 3.8) is 0 Å². The van der Waals surface area contributed by atoms with Gasteiger partial charge in [-0.15, -0.1) is 11.8 Å². The largest absolute Gasteiger partial charge is 0.481 e. The first-order valence-electron chi connectivity index (χ1n) is 8.21. The number of aromatic nitrogens is 1. The molecule has 0 saturated carbocycles. The van der Waals surface area contributed by atoms with Gasteiger partial charge in [0.2, 0.25) is 5.91 Å². The summed E-state index contributed by atoms with van der Waals surface area (Å²) < 4.78 is 31.5. The van der Waals surface area contributed by atoms with Crippen molar-refractivity contribution in [3.8, 4) is 0 Å². The standard InChI is InChI=1S/C18H20F2N2O4S/c1-11-14(12(2)26-21-11)9-27-10-17(23)22(6-5-18(24)25)8-13-3-4-15(19)16(20)7-13/h3-4,7H,5-6,8-10H2,1-2H3,(H,24,25). The van der Waals surface area contributed by atoms with E-state index in [4.69, 9.17) is 9.63 Å². The van der Waals surface area contributed by atoms with Gasteiger partial charge in [0.15, 0.2) is 11.6 Å². The Hall–Kier alpha value is -2.42. The summed E-state index contributed by atoms with van der Waals surface area (Å²) in [5.41, 5.74) is 2.07. The zero-order valence-electron chi connectivity index (χ0n) is 15.0. The van der Waals surface area contributed by atoms with Crippen molar-refractivity contribution in [1.29, 1.82) is 0 Å². The number of carboxylic acid groups (broad SMARTS) is 1. The van der Waals surface area contributed by atoms with E-state index >= 15 is 0 Å². The van der Waals surface area contributed by atoms with E-state index in [0.29, 0.717) is 17.1 Å². The molecule has 0 unspecified atom stereocenters. The second-order valence-corrected chi connectivity index (χ2v) is 6.99. The molecule has 27 heavy (non-hydrogen) atoms. The minimum atomic E-state index is -1.04. The van der Waals surface area contributed by atoms with Gasteiger partial charge in [0.1, 0.15) is 5.76 Å². The number of benzene rings is 1. The summed E-state index contributed by atoms with van der Waals surface area (Å²) in [6, 6.07) is 3.36. The van der Waals surface area contributed by atoms with Crippen molar-refractivity contribution in [2.45, 2.75) is 32.6 Å². The highest BCUT2D eigenvalue weighted by molar-refractivity contribution is 7.99. The first kappa shape index (κ1) is 20.9. The van der Waals surface area contributed by atoms with Crippen molar-refractivity contribution in [3.05, 3.63) is 52.4 Å². The van der Waals surface area contributed by atoms with Crippen LogP contribution < -0.4 is 0 Å². The van der Waals surface area contributed by atoms with Gasteiger partial charge in [0.05, 0.1) is 17.9 Å². The van der Waals surface area contributed by atoms with Crippen LogP contribution in [0.1, 0.15) is 29.0 Å². The molecule has 146 valence electrons.